The third-order valence-corrected chi connectivity index (χ3v) is 1.73. The van der Waals surface area contributed by atoms with Gasteiger partial charge in [0.2, 0.25) is 0 Å². The first-order chi connectivity index (χ1) is 6.31. The Bertz CT molecular complexity index is 328. The number of rotatable bonds is 3. The van der Waals surface area contributed by atoms with E-state index < -0.39 is 0 Å². The molecule has 0 aliphatic carbocycles. The van der Waals surface area contributed by atoms with E-state index in [2.05, 4.69) is 6.07 Å². The second-order valence-corrected chi connectivity index (χ2v) is 2.57. The Balaban J connectivity index is 3.04. The summed E-state index contributed by atoms with van der Waals surface area (Å²) in [4.78, 5) is 0. The molecule has 0 spiro atoms. The Morgan fingerprint density at radius 3 is 2.69 bits per heavy atom. The van der Waals surface area contributed by atoms with E-state index in [1.165, 1.54) is 0 Å². The van der Waals surface area contributed by atoms with Crippen molar-refractivity contribution >= 4 is 0 Å². The normalized spacial score (nSPS) is 9.31. The van der Waals surface area contributed by atoms with Crippen LogP contribution in [-0.2, 0) is 11.3 Å². The average Bonchev–Trinajstić information content (AvgIpc) is 2.18. The van der Waals surface area contributed by atoms with Gasteiger partial charge in [0.1, 0.15) is 5.75 Å². The van der Waals surface area contributed by atoms with Gasteiger partial charge in [-0.25, -0.2) is 0 Å². The van der Waals surface area contributed by atoms with E-state index in [1.54, 1.807) is 26.4 Å². The molecule has 1 rings (SSSR count). The van der Waals surface area contributed by atoms with Crippen molar-refractivity contribution in [2.75, 3.05) is 14.2 Å². The van der Waals surface area contributed by atoms with Gasteiger partial charge in [-0.2, -0.15) is 5.26 Å². The van der Waals surface area contributed by atoms with Crippen molar-refractivity contribution in [2.24, 2.45) is 0 Å². The molecule has 0 radical (unpaired) electrons. The summed E-state index contributed by atoms with van der Waals surface area (Å²) in [5, 5.41) is 8.76. The molecule has 0 unspecified atom stereocenters. The van der Waals surface area contributed by atoms with Crippen LogP contribution in [-0.4, -0.2) is 14.2 Å². The zero-order valence-electron chi connectivity index (χ0n) is 7.70. The fourth-order valence-corrected chi connectivity index (χ4v) is 1.08. The smallest absolute Gasteiger partial charge is 0.119 e. The molecular formula is C10H11NO2. The minimum Gasteiger partial charge on any atom is -0.497 e. The van der Waals surface area contributed by atoms with Crippen LogP contribution in [0.4, 0.5) is 0 Å². The van der Waals surface area contributed by atoms with Gasteiger partial charge in [0, 0.05) is 7.11 Å². The summed E-state index contributed by atoms with van der Waals surface area (Å²) in [6.07, 6.45) is 0. The lowest BCUT2D eigenvalue weighted by Crippen LogP contribution is -1.93. The number of benzene rings is 1. The number of methoxy groups -OCH3 is 2. The summed E-state index contributed by atoms with van der Waals surface area (Å²) < 4.78 is 10.00. The molecule has 0 saturated carbocycles. The van der Waals surface area contributed by atoms with Gasteiger partial charge in [0.25, 0.3) is 0 Å². The second kappa shape index (κ2) is 4.48. The number of hydrogen-bond donors (Lipinski definition) is 0. The summed E-state index contributed by atoms with van der Waals surface area (Å²) in [6, 6.07) is 7.39. The van der Waals surface area contributed by atoms with E-state index in [-0.39, 0.29) is 0 Å². The number of nitriles is 1. The maximum atomic E-state index is 8.76. The van der Waals surface area contributed by atoms with Crippen LogP contribution in [0.5, 0.6) is 5.75 Å². The summed E-state index contributed by atoms with van der Waals surface area (Å²) in [6.45, 7) is 0.431. The summed E-state index contributed by atoms with van der Waals surface area (Å²) in [7, 11) is 3.19. The van der Waals surface area contributed by atoms with Gasteiger partial charge in [-0.3, -0.25) is 0 Å². The molecule has 13 heavy (non-hydrogen) atoms. The van der Waals surface area contributed by atoms with Gasteiger partial charge in [0.05, 0.1) is 25.3 Å². The molecule has 0 atom stereocenters. The minimum absolute atomic E-state index is 0.431. The van der Waals surface area contributed by atoms with Crippen molar-refractivity contribution in [2.45, 2.75) is 6.61 Å². The summed E-state index contributed by atoms with van der Waals surface area (Å²) in [5.74, 6) is 0.742. The van der Waals surface area contributed by atoms with Gasteiger partial charge >= 0.3 is 0 Å². The van der Waals surface area contributed by atoms with Gasteiger partial charge in [0.15, 0.2) is 0 Å². The summed E-state index contributed by atoms with van der Waals surface area (Å²) >= 11 is 0. The van der Waals surface area contributed by atoms with Crippen LogP contribution in [0.1, 0.15) is 11.1 Å². The molecule has 0 N–H and O–H groups in total. The molecule has 0 heterocycles. The molecule has 0 aliphatic rings. The van der Waals surface area contributed by atoms with Crippen LogP contribution in [0.25, 0.3) is 0 Å². The van der Waals surface area contributed by atoms with E-state index in [0.717, 1.165) is 11.3 Å². The van der Waals surface area contributed by atoms with Gasteiger partial charge in [-0.1, -0.05) is 0 Å². The molecule has 3 heteroatoms. The Kier molecular flexibility index (Phi) is 3.30. The first kappa shape index (κ1) is 9.56. The van der Waals surface area contributed by atoms with Crippen LogP contribution >= 0.6 is 0 Å². The average molecular weight is 177 g/mol. The Hall–Kier alpha value is -1.53. The first-order valence-corrected chi connectivity index (χ1v) is 3.87. The third kappa shape index (κ3) is 2.20. The molecule has 0 fully saturated rings. The molecule has 1 aromatic rings. The summed E-state index contributed by atoms with van der Waals surface area (Å²) in [5.41, 5.74) is 1.48. The van der Waals surface area contributed by atoms with Gasteiger partial charge in [-0.05, 0) is 23.8 Å². The molecule has 0 amide bonds. The zero-order valence-corrected chi connectivity index (χ0v) is 7.70. The Labute approximate surface area is 77.5 Å². The van der Waals surface area contributed by atoms with E-state index in [4.69, 9.17) is 14.7 Å². The van der Waals surface area contributed by atoms with Crippen molar-refractivity contribution in [1.82, 2.24) is 0 Å². The van der Waals surface area contributed by atoms with Crippen molar-refractivity contribution in [3.8, 4) is 11.8 Å². The van der Waals surface area contributed by atoms with Gasteiger partial charge in [-0.15, -0.1) is 0 Å². The maximum absolute atomic E-state index is 8.76. The lowest BCUT2D eigenvalue weighted by atomic mass is 10.1. The number of nitrogens with zero attached hydrogens (tertiary/aromatic N) is 1. The maximum Gasteiger partial charge on any atom is 0.119 e. The number of hydrogen-bond acceptors (Lipinski definition) is 3. The fourth-order valence-electron chi connectivity index (χ4n) is 1.08. The molecule has 0 saturated heterocycles. The van der Waals surface area contributed by atoms with Crippen LogP contribution in [0.2, 0.25) is 0 Å². The van der Waals surface area contributed by atoms with E-state index in [0.29, 0.717) is 12.2 Å². The van der Waals surface area contributed by atoms with E-state index >= 15 is 0 Å². The molecule has 0 aliphatic heterocycles. The lowest BCUT2D eigenvalue weighted by Gasteiger charge is -2.05. The van der Waals surface area contributed by atoms with Crippen LogP contribution in [0.3, 0.4) is 0 Å². The van der Waals surface area contributed by atoms with Crippen molar-refractivity contribution in [3.05, 3.63) is 29.3 Å². The lowest BCUT2D eigenvalue weighted by molar-refractivity contribution is 0.184. The highest BCUT2D eigenvalue weighted by Gasteiger charge is 2.02. The SMILES string of the molecule is COCc1cc(OC)ccc1C#N. The highest BCUT2D eigenvalue weighted by atomic mass is 16.5. The highest BCUT2D eigenvalue weighted by molar-refractivity contribution is 5.42. The molecule has 0 aromatic heterocycles. The third-order valence-electron chi connectivity index (χ3n) is 1.73. The quantitative estimate of drug-likeness (QED) is 0.705. The Morgan fingerprint density at radius 1 is 1.38 bits per heavy atom. The molecule has 1 aromatic carbocycles. The minimum atomic E-state index is 0.431. The molecule has 3 nitrogen and oxygen atoms in total. The van der Waals surface area contributed by atoms with Crippen molar-refractivity contribution in [3.63, 3.8) is 0 Å². The highest BCUT2D eigenvalue weighted by Crippen LogP contribution is 2.17. The number of ether oxygens (including phenoxy) is 2. The Morgan fingerprint density at radius 2 is 2.15 bits per heavy atom. The van der Waals surface area contributed by atoms with E-state index in [1.807, 2.05) is 6.07 Å². The second-order valence-electron chi connectivity index (χ2n) is 2.57. The van der Waals surface area contributed by atoms with Crippen molar-refractivity contribution in [1.29, 1.82) is 5.26 Å². The van der Waals surface area contributed by atoms with Crippen LogP contribution in [0, 0.1) is 11.3 Å². The fraction of sp³-hybridized carbons (Fsp3) is 0.300. The largest absolute Gasteiger partial charge is 0.497 e. The van der Waals surface area contributed by atoms with Crippen LogP contribution < -0.4 is 4.74 Å². The first-order valence-electron chi connectivity index (χ1n) is 3.87. The van der Waals surface area contributed by atoms with Crippen molar-refractivity contribution < 1.29 is 9.47 Å². The molecule has 68 valence electrons. The predicted molar refractivity (Wildman–Crippen MR) is 48.4 cm³/mol. The van der Waals surface area contributed by atoms with Gasteiger partial charge < -0.3 is 9.47 Å². The van der Waals surface area contributed by atoms with Crippen LogP contribution in [0.15, 0.2) is 18.2 Å². The molecule has 0 bridgehead atoms. The standard InChI is InChI=1S/C10H11NO2/c1-12-7-9-5-10(13-2)4-3-8(9)6-11/h3-5H,7H2,1-2H3. The topological polar surface area (TPSA) is 42.2 Å². The van der Waals surface area contributed by atoms with E-state index in [9.17, 15) is 0 Å². The monoisotopic (exact) mass is 177 g/mol. The zero-order chi connectivity index (χ0) is 9.68. The predicted octanol–water partition coefficient (Wildman–Crippen LogP) is 1.71. The molecular weight excluding hydrogens is 166 g/mol.